The number of phenols is 1. The van der Waals surface area contributed by atoms with Gasteiger partial charge in [0.25, 0.3) is 5.91 Å². The number of benzene rings is 3. The SMILES string of the molecule is CCN(CC)CC.Nc1nc(-c2ccc(-c3ccccc3)cc2)nc2c1ncn2[C@@H]1O[C@H](COS(=O)(=O)NC(=O)c2ccccc2O)[C@@H](O)[C@H]1O. The van der Waals surface area contributed by atoms with E-state index in [0.717, 1.165) is 11.1 Å². The Morgan fingerprint density at radius 3 is 2.14 bits per heavy atom. The molecule has 3 heterocycles. The van der Waals surface area contributed by atoms with E-state index in [9.17, 15) is 28.5 Å². The third-order valence-electron chi connectivity index (χ3n) is 8.41. The van der Waals surface area contributed by atoms with Gasteiger partial charge in [-0.3, -0.25) is 13.5 Å². The van der Waals surface area contributed by atoms with Crippen LogP contribution < -0.4 is 10.5 Å². The number of para-hydroxylation sites is 1. The van der Waals surface area contributed by atoms with Gasteiger partial charge in [-0.15, -0.1) is 0 Å². The van der Waals surface area contributed by atoms with Crippen LogP contribution in [0.1, 0.15) is 37.4 Å². The van der Waals surface area contributed by atoms with Gasteiger partial charge in [0.1, 0.15) is 29.6 Å². The predicted octanol–water partition coefficient (Wildman–Crippen LogP) is 3.11. The number of phenolic OH excluding ortho intramolecular Hbond substituents is 1. The smallest absolute Gasteiger partial charge is 0.362 e. The maximum absolute atomic E-state index is 12.4. The number of nitrogens with one attached hydrogen (secondary N) is 1. The Hall–Kier alpha value is -4.97. The number of anilines is 1. The number of imidazole rings is 1. The molecule has 270 valence electrons. The predicted molar refractivity (Wildman–Crippen MR) is 190 cm³/mol. The maximum Gasteiger partial charge on any atom is 0.362 e. The number of carbonyl (C=O) groups excluding carboxylic acids is 1. The first kappa shape index (κ1) is 37.3. The molecule has 6 rings (SSSR count). The standard InChI is InChI=1S/C29H26N6O8S.C6H15N/c30-25-22-27(33-26(32-25)18-12-10-17(11-13-18)16-6-2-1-3-7-16)35(15-31-22)29-24(38)23(37)21(43-29)14-42-44(40,41)34-28(39)19-8-4-5-9-20(19)36;1-4-7(5-2)6-3/h1-13,15,21,23-24,29,36-38H,14H2,(H,34,39)(H2,30,32,33);4-6H2,1-3H3/t21-,23-,24-,29-;/m1./s1. The maximum atomic E-state index is 12.4. The quantitative estimate of drug-likeness (QED) is 0.133. The Bertz CT molecular complexity index is 2040. The van der Waals surface area contributed by atoms with E-state index in [0.29, 0.717) is 5.56 Å². The van der Waals surface area contributed by atoms with Gasteiger partial charge in [-0.05, 0) is 42.9 Å². The van der Waals surface area contributed by atoms with Gasteiger partial charge in [0.05, 0.1) is 18.5 Å². The zero-order valence-corrected chi connectivity index (χ0v) is 29.1. The first-order valence-electron chi connectivity index (χ1n) is 16.4. The van der Waals surface area contributed by atoms with E-state index in [1.165, 1.54) is 54.8 Å². The Kier molecular flexibility index (Phi) is 12.0. The number of amides is 1. The molecule has 0 unspecified atom stereocenters. The van der Waals surface area contributed by atoms with Crippen molar-refractivity contribution in [1.82, 2.24) is 29.1 Å². The molecular weight excluding hydrogens is 678 g/mol. The number of hydrogen-bond acceptors (Lipinski definition) is 13. The highest BCUT2D eigenvalue weighted by Gasteiger charge is 2.45. The Morgan fingerprint density at radius 1 is 0.902 bits per heavy atom. The second-order valence-electron chi connectivity index (χ2n) is 11.6. The second-order valence-corrected chi connectivity index (χ2v) is 12.9. The fraction of sp³-hybridized carbons (Fsp3) is 0.314. The summed E-state index contributed by atoms with van der Waals surface area (Å²) >= 11 is 0. The molecule has 0 saturated carbocycles. The summed E-state index contributed by atoms with van der Waals surface area (Å²) < 4.78 is 38.4. The Labute approximate surface area is 295 Å². The molecule has 16 heteroatoms. The number of nitrogen functional groups attached to an aromatic ring is 1. The normalized spacial score (nSPS) is 18.8. The number of carbonyl (C=O) groups is 1. The highest BCUT2D eigenvalue weighted by atomic mass is 32.2. The van der Waals surface area contributed by atoms with Crippen LogP contribution in [0.25, 0.3) is 33.7 Å². The van der Waals surface area contributed by atoms with E-state index in [-0.39, 0.29) is 28.4 Å². The van der Waals surface area contributed by atoms with Crippen molar-refractivity contribution in [2.24, 2.45) is 0 Å². The van der Waals surface area contributed by atoms with E-state index in [2.05, 4.69) is 40.6 Å². The van der Waals surface area contributed by atoms with Crippen molar-refractivity contribution in [3.63, 3.8) is 0 Å². The fourth-order valence-corrected chi connectivity index (χ4v) is 6.19. The van der Waals surface area contributed by atoms with Gasteiger partial charge in [0.15, 0.2) is 23.5 Å². The largest absolute Gasteiger partial charge is 0.507 e. The molecule has 0 radical (unpaired) electrons. The summed E-state index contributed by atoms with van der Waals surface area (Å²) in [7, 11) is -4.68. The third kappa shape index (κ3) is 8.68. The molecule has 0 aliphatic carbocycles. The molecule has 0 bridgehead atoms. The van der Waals surface area contributed by atoms with Crippen LogP contribution in [0.3, 0.4) is 0 Å². The van der Waals surface area contributed by atoms with Crippen molar-refractivity contribution in [1.29, 1.82) is 0 Å². The number of aliphatic hydroxyl groups is 2. The number of rotatable bonds is 11. The number of ether oxygens (including phenoxy) is 1. The number of hydrogen-bond donors (Lipinski definition) is 5. The van der Waals surface area contributed by atoms with Gasteiger partial charge >= 0.3 is 10.3 Å². The monoisotopic (exact) mass is 719 g/mol. The molecule has 1 aliphatic heterocycles. The number of nitrogens with two attached hydrogens (primary N) is 1. The number of fused-ring (bicyclic) bond motifs is 1. The highest BCUT2D eigenvalue weighted by molar-refractivity contribution is 7.85. The molecule has 15 nitrogen and oxygen atoms in total. The number of nitrogens with zero attached hydrogens (tertiary/aromatic N) is 5. The molecule has 1 amide bonds. The van der Waals surface area contributed by atoms with Crippen LogP contribution >= 0.6 is 0 Å². The minimum Gasteiger partial charge on any atom is -0.507 e. The van der Waals surface area contributed by atoms with Gasteiger partial charge in [-0.2, -0.15) is 8.42 Å². The molecule has 1 aliphatic rings. The van der Waals surface area contributed by atoms with E-state index >= 15 is 0 Å². The molecule has 0 spiro atoms. The lowest BCUT2D eigenvalue weighted by molar-refractivity contribution is -0.0468. The average Bonchev–Trinajstić information content (AvgIpc) is 3.69. The fourth-order valence-electron chi connectivity index (χ4n) is 5.48. The first-order chi connectivity index (χ1) is 24.5. The molecule has 51 heavy (non-hydrogen) atoms. The summed E-state index contributed by atoms with van der Waals surface area (Å²) in [6.45, 7) is 9.38. The van der Waals surface area contributed by atoms with Crippen molar-refractivity contribution >= 4 is 33.2 Å². The van der Waals surface area contributed by atoms with Crippen LogP contribution in [0.5, 0.6) is 5.75 Å². The van der Waals surface area contributed by atoms with Crippen molar-refractivity contribution in [3.8, 4) is 28.3 Å². The van der Waals surface area contributed by atoms with Crippen molar-refractivity contribution in [2.45, 2.75) is 45.3 Å². The Balaban J connectivity index is 0.000000654. The number of aromatic hydroxyl groups is 1. The zero-order chi connectivity index (χ0) is 36.7. The van der Waals surface area contributed by atoms with Crippen LogP contribution in [0, 0.1) is 0 Å². The Morgan fingerprint density at radius 2 is 1.51 bits per heavy atom. The minimum atomic E-state index is -4.68. The number of aromatic nitrogens is 4. The molecule has 1 fully saturated rings. The molecular formula is C35H41N7O8S. The van der Waals surface area contributed by atoms with E-state index in [1.807, 2.05) is 54.6 Å². The van der Waals surface area contributed by atoms with Gasteiger partial charge in [0.2, 0.25) is 0 Å². The first-order valence-corrected chi connectivity index (χ1v) is 17.8. The third-order valence-corrected chi connectivity index (χ3v) is 9.29. The topological polar surface area (TPSA) is 215 Å². The van der Waals surface area contributed by atoms with E-state index in [4.69, 9.17) is 14.7 Å². The summed E-state index contributed by atoms with van der Waals surface area (Å²) in [6, 6.07) is 22.7. The van der Waals surface area contributed by atoms with E-state index < -0.39 is 53.1 Å². The molecule has 5 aromatic rings. The second kappa shape index (κ2) is 16.4. The van der Waals surface area contributed by atoms with Crippen LogP contribution in [0.15, 0.2) is 85.2 Å². The van der Waals surface area contributed by atoms with Crippen molar-refractivity contribution in [3.05, 3.63) is 90.8 Å². The lowest BCUT2D eigenvalue weighted by Gasteiger charge is -2.17. The molecule has 3 aromatic carbocycles. The van der Waals surface area contributed by atoms with Crippen molar-refractivity contribution < 1.29 is 37.5 Å². The average molecular weight is 720 g/mol. The minimum absolute atomic E-state index is 0.0788. The van der Waals surface area contributed by atoms with Gasteiger partial charge in [-0.1, -0.05) is 87.5 Å². The van der Waals surface area contributed by atoms with Crippen LogP contribution in [-0.2, 0) is 19.2 Å². The zero-order valence-electron chi connectivity index (χ0n) is 28.3. The van der Waals surface area contributed by atoms with Gasteiger partial charge < -0.3 is 30.7 Å². The summed E-state index contributed by atoms with van der Waals surface area (Å²) in [6.07, 6.45) is -4.38. The lowest BCUT2D eigenvalue weighted by Crippen LogP contribution is -2.37. The van der Waals surface area contributed by atoms with Crippen LogP contribution in [0.4, 0.5) is 5.82 Å². The molecule has 1 saturated heterocycles. The summed E-state index contributed by atoms with van der Waals surface area (Å²) in [5.74, 6) is -1.18. The highest BCUT2D eigenvalue weighted by Crippen LogP contribution is 2.33. The molecule has 2 aromatic heterocycles. The van der Waals surface area contributed by atoms with Gasteiger partial charge in [0, 0.05) is 5.56 Å². The summed E-state index contributed by atoms with van der Waals surface area (Å²) in [5.41, 5.74) is 9.05. The van der Waals surface area contributed by atoms with Crippen LogP contribution in [0.2, 0.25) is 0 Å². The lowest BCUT2D eigenvalue weighted by atomic mass is 10.0. The molecule has 4 atom stereocenters. The van der Waals surface area contributed by atoms with E-state index in [1.54, 1.807) is 4.72 Å². The van der Waals surface area contributed by atoms with Crippen LogP contribution in [-0.4, -0.2) is 98.6 Å². The van der Waals surface area contributed by atoms with Crippen molar-refractivity contribution in [2.75, 3.05) is 32.0 Å². The number of aliphatic hydroxyl groups excluding tert-OH is 2. The van der Waals surface area contributed by atoms with Gasteiger partial charge in [-0.25, -0.2) is 19.7 Å². The summed E-state index contributed by atoms with van der Waals surface area (Å²) in [5, 5.41) is 31.2. The molecule has 6 N–H and O–H groups in total. The summed E-state index contributed by atoms with van der Waals surface area (Å²) in [4.78, 5) is 27.9.